The first kappa shape index (κ1) is 14.9. The van der Waals surface area contributed by atoms with Gasteiger partial charge in [0, 0.05) is 24.8 Å². The molecule has 1 aromatic heterocycles. The molecule has 1 rings (SSSR count). The molecule has 0 amide bonds. The summed E-state index contributed by atoms with van der Waals surface area (Å²) in [4.78, 5) is 10.9. The molecular formula is C13H24N4O. The lowest BCUT2D eigenvalue weighted by atomic mass is 10.3. The minimum Gasteiger partial charge on any atom is -0.392 e. The Kier molecular flexibility index (Phi) is 6.01. The van der Waals surface area contributed by atoms with Gasteiger partial charge in [0.25, 0.3) is 0 Å². The average molecular weight is 252 g/mol. The van der Waals surface area contributed by atoms with E-state index >= 15 is 0 Å². The molecule has 0 bridgehead atoms. The summed E-state index contributed by atoms with van der Waals surface area (Å²) in [7, 11) is 1.96. The number of nitrogens with one attached hydrogen (secondary N) is 1. The number of anilines is 1. The zero-order valence-corrected chi connectivity index (χ0v) is 11.8. The van der Waals surface area contributed by atoms with Crippen molar-refractivity contribution in [1.29, 1.82) is 0 Å². The largest absolute Gasteiger partial charge is 0.392 e. The maximum Gasteiger partial charge on any atom is 0.144 e. The van der Waals surface area contributed by atoms with Gasteiger partial charge in [-0.05, 0) is 27.3 Å². The van der Waals surface area contributed by atoms with Crippen LogP contribution in [0.1, 0.15) is 31.8 Å². The molecule has 0 spiro atoms. The van der Waals surface area contributed by atoms with Gasteiger partial charge in [0.05, 0.1) is 12.6 Å². The molecule has 5 heteroatoms. The molecule has 102 valence electrons. The first-order valence-corrected chi connectivity index (χ1v) is 6.46. The molecule has 0 saturated heterocycles. The Morgan fingerprint density at radius 2 is 2.17 bits per heavy atom. The summed E-state index contributed by atoms with van der Waals surface area (Å²) >= 11 is 0. The predicted molar refractivity (Wildman–Crippen MR) is 73.6 cm³/mol. The Balaban J connectivity index is 2.67. The molecule has 1 heterocycles. The molecule has 2 N–H and O–H groups in total. The van der Waals surface area contributed by atoms with Crippen molar-refractivity contribution in [1.82, 2.24) is 14.9 Å². The molecule has 0 fully saturated rings. The average Bonchev–Trinajstić information content (AvgIpc) is 2.24. The van der Waals surface area contributed by atoms with Gasteiger partial charge in [-0.3, -0.25) is 4.90 Å². The van der Waals surface area contributed by atoms with Gasteiger partial charge in [0.2, 0.25) is 0 Å². The lowest BCUT2D eigenvalue weighted by Crippen LogP contribution is -2.27. The zero-order valence-electron chi connectivity index (χ0n) is 11.8. The monoisotopic (exact) mass is 252 g/mol. The number of likely N-dealkylation sites (N-methyl/N-ethyl adjacent to an activating group) is 1. The van der Waals surface area contributed by atoms with Crippen LogP contribution in [0.15, 0.2) is 6.07 Å². The van der Waals surface area contributed by atoms with Crippen LogP contribution in [0.3, 0.4) is 0 Å². The molecule has 0 aliphatic carbocycles. The van der Waals surface area contributed by atoms with E-state index in [9.17, 15) is 5.11 Å². The molecule has 0 aromatic carbocycles. The third-order valence-corrected chi connectivity index (χ3v) is 2.44. The normalized spacial score (nSPS) is 12.8. The van der Waals surface area contributed by atoms with E-state index in [4.69, 9.17) is 0 Å². The van der Waals surface area contributed by atoms with Gasteiger partial charge in [-0.2, -0.15) is 0 Å². The summed E-state index contributed by atoms with van der Waals surface area (Å²) in [6.07, 6.45) is 0.734. The Morgan fingerprint density at radius 3 is 2.78 bits per heavy atom. The molecule has 1 atom stereocenters. The number of aliphatic hydroxyl groups excluding tert-OH is 1. The highest BCUT2D eigenvalue weighted by atomic mass is 16.3. The van der Waals surface area contributed by atoms with Crippen molar-refractivity contribution < 1.29 is 5.11 Å². The van der Waals surface area contributed by atoms with Gasteiger partial charge in [-0.1, -0.05) is 6.92 Å². The third kappa shape index (κ3) is 5.42. The maximum absolute atomic E-state index is 9.33. The van der Waals surface area contributed by atoms with Crippen LogP contribution < -0.4 is 5.32 Å². The van der Waals surface area contributed by atoms with Crippen LogP contribution in [-0.4, -0.2) is 46.2 Å². The van der Waals surface area contributed by atoms with E-state index in [-0.39, 0.29) is 6.10 Å². The lowest BCUT2D eigenvalue weighted by molar-refractivity contribution is 0.137. The fraction of sp³-hybridized carbons (Fsp3) is 0.692. The number of aryl methyl sites for hydroxylation is 1. The van der Waals surface area contributed by atoms with Crippen LogP contribution in [0.5, 0.6) is 0 Å². The summed E-state index contributed by atoms with van der Waals surface area (Å²) in [6, 6.07) is 1.95. The summed E-state index contributed by atoms with van der Waals surface area (Å²) in [5.41, 5.74) is 0.962. The molecule has 0 aliphatic heterocycles. The second kappa shape index (κ2) is 7.28. The lowest BCUT2D eigenvalue weighted by Gasteiger charge is -2.18. The minimum absolute atomic E-state index is 0.336. The molecular weight excluding hydrogens is 228 g/mol. The molecule has 0 radical (unpaired) electrons. The van der Waals surface area contributed by atoms with Crippen LogP contribution in [0, 0.1) is 6.92 Å². The van der Waals surface area contributed by atoms with E-state index in [1.165, 1.54) is 0 Å². The van der Waals surface area contributed by atoms with Crippen LogP contribution in [0.4, 0.5) is 5.82 Å². The van der Waals surface area contributed by atoms with E-state index < -0.39 is 0 Å². The number of aliphatic hydroxyl groups is 1. The molecule has 0 saturated carbocycles. The van der Waals surface area contributed by atoms with Crippen molar-refractivity contribution in [2.45, 2.75) is 39.8 Å². The highest BCUT2D eigenvalue weighted by molar-refractivity contribution is 5.35. The van der Waals surface area contributed by atoms with Gasteiger partial charge in [0.15, 0.2) is 0 Å². The van der Waals surface area contributed by atoms with E-state index in [1.807, 2.05) is 24.9 Å². The summed E-state index contributed by atoms with van der Waals surface area (Å²) in [5.74, 6) is 1.67. The summed E-state index contributed by atoms with van der Waals surface area (Å²) < 4.78 is 0. The topological polar surface area (TPSA) is 61.3 Å². The van der Waals surface area contributed by atoms with Gasteiger partial charge in [0.1, 0.15) is 11.6 Å². The predicted octanol–water partition coefficient (Wildman–Crippen LogP) is 1.42. The van der Waals surface area contributed by atoms with Crippen LogP contribution in [0.2, 0.25) is 0 Å². The SMILES string of the molecule is CCCNc1cc(C)nc(CN(C)CC(C)O)n1. The van der Waals surface area contributed by atoms with Crippen molar-refractivity contribution in [2.24, 2.45) is 0 Å². The minimum atomic E-state index is -0.336. The van der Waals surface area contributed by atoms with Crippen LogP contribution in [0.25, 0.3) is 0 Å². The van der Waals surface area contributed by atoms with Crippen LogP contribution >= 0.6 is 0 Å². The van der Waals surface area contributed by atoms with Crippen molar-refractivity contribution in [3.8, 4) is 0 Å². The maximum atomic E-state index is 9.33. The van der Waals surface area contributed by atoms with Gasteiger partial charge < -0.3 is 10.4 Å². The van der Waals surface area contributed by atoms with Gasteiger partial charge in [-0.15, -0.1) is 0 Å². The van der Waals surface area contributed by atoms with E-state index in [0.29, 0.717) is 13.1 Å². The number of nitrogens with zero attached hydrogens (tertiary/aromatic N) is 3. The van der Waals surface area contributed by atoms with E-state index in [0.717, 1.165) is 30.3 Å². The molecule has 1 unspecified atom stereocenters. The fourth-order valence-corrected chi connectivity index (χ4v) is 1.80. The second-order valence-electron chi connectivity index (χ2n) is 4.78. The quantitative estimate of drug-likeness (QED) is 0.768. The molecule has 18 heavy (non-hydrogen) atoms. The standard InChI is InChI=1S/C13H24N4O/c1-5-6-14-12-7-10(2)15-13(16-12)9-17(4)8-11(3)18/h7,11,18H,5-6,8-9H2,1-4H3,(H,14,15,16). The number of rotatable bonds is 7. The number of hydrogen-bond acceptors (Lipinski definition) is 5. The van der Waals surface area contributed by atoms with E-state index in [1.54, 1.807) is 6.92 Å². The Morgan fingerprint density at radius 1 is 1.44 bits per heavy atom. The zero-order chi connectivity index (χ0) is 13.5. The van der Waals surface area contributed by atoms with E-state index in [2.05, 4.69) is 22.2 Å². The van der Waals surface area contributed by atoms with Crippen molar-refractivity contribution >= 4 is 5.82 Å². The highest BCUT2D eigenvalue weighted by Gasteiger charge is 2.07. The van der Waals surface area contributed by atoms with Crippen molar-refractivity contribution in [2.75, 3.05) is 25.5 Å². The molecule has 1 aromatic rings. The van der Waals surface area contributed by atoms with Gasteiger partial charge >= 0.3 is 0 Å². The number of aromatic nitrogens is 2. The highest BCUT2D eigenvalue weighted by Crippen LogP contribution is 2.08. The summed E-state index contributed by atoms with van der Waals surface area (Å²) in [6.45, 7) is 8.05. The first-order chi connectivity index (χ1) is 8.51. The Bertz CT molecular complexity index is 368. The Labute approximate surface area is 109 Å². The van der Waals surface area contributed by atoms with Crippen molar-refractivity contribution in [3.63, 3.8) is 0 Å². The first-order valence-electron chi connectivity index (χ1n) is 6.46. The summed E-state index contributed by atoms with van der Waals surface area (Å²) in [5, 5.41) is 12.6. The smallest absolute Gasteiger partial charge is 0.144 e. The Hall–Kier alpha value is -1.20. The second-order valence-corrected chi connectivity index (χ2v) is 4.78. The molecule has 5 nitrogen and oxygen atoms in total. The van der Waals surface area contributed by atoms with Crippen LogP contribution in [-0.2, 0) is 6.54 Å². The molecule has 0 aliphatic rings. The fourth-order valence-electron chi connectivity index (χ4n) is 1.80. The van der Waals surface area contributed by atoms with Gasteiger partial charge in [-0.25, -0.2) is 9.97 Å². The number of hydrogen-bond donors (Lipinski definition) is 2. The third-order valence-electron chi connectivity index (χ3n) is 2.44. The van der Waals surface area contributed by atoms with Crippen molar-refractivity contribution in [3.05, 3.63) is 17.6 Å².